The summed E-state index contributed by atoms with van der Waals surface area (Å²) < 4.78 is 0. The van der Waals surface area contributed by atoms with Crippen molar-refractivity contribution in [3.05, 3.63) is 73.6 Å². The predicted octanol–water partition coefficient (Wildman–Crippen LogP) is 4.61. The molecule has 0 saturated heterocycles. The Bertz CT molecular complexity index is 1110. The lowest BCUT2D eigenvalue weighted by molar-refractivity contribution is -0.384. The van der Waals surface area contributed by atoms with E-state index in [1.165, 1.54) is 12.1 Å². The van der Waals surface area contributed by atoms with Crippen LogP contribution in [0.25, 0.3) is 11.3 Å². The van der Waals surface area contributed by atoms with Crippen molar-refractivity contribution < 1.29 is 9.72 Å². The minimum absolute atomic E-state index is 0.0394. The molecule has 3 heterocycles. The maximum atomic E-state index is 12.8. The van der Waals surface area contributed by atoms with Crippen LogP contribution in [-0.4, -0.2) is 20.9 Å². The second-order valence-corrected chi connectivity index (χ2v) is 7.89. The monoisotopic (exact) mass is 392 g/mol. The van der Waals surface area contributed by atoms with Gasteiger partial charge in [0.1, 0.15) is 0 Å². The van der Waals surface area contributed by atoms with Gasteiger partial charge >= 0.3 is 0 Å². The lowest BCUT2D eigenvalue weighted by atomic mass is 9.78. The first-order valence-corrected chi connectivity index (χ1v) is 9.91. The van der Waals surface area contributed by atoms with Crippen molar-refractivity contribution in [2.24, 2.45) is 0 Å². The highest BCUT2D eigenvalue weighted by molar-refractivity contribution is 7.10. The topological polar surface area (TPSA) is 101 Å². The van der Waals surface area contributed by atoms with Crippen LogP contribution in [0.1, 0.15) is 35.6 Å². The number of H-pyrrole nitrogens is 1. The number of hydrogen-bond acceptors (Lipinski definition) is 6. The molecular formula is C20H16N4O3S. The first kappa shape index (κ1) is 16.9. The summed E-state index contributed by atoms with van der Waals surface area (Å²) in [7, 11) is 0. The number of nitrogens with zero attached hydrogens (tertiary/aromatic N) is 2. The average molecular weight is 392 g/mol. The molecule has 0 bridgehead atoms. The molecule has 0 amide bonds. The van der Waals surface area contributed by atoms with Crippen LogP contribution in [0.3, 0.4) is 0 Å². The maximum absolute atomic E-state index is 12.8. The molecule has 3 aromatic rings. The van der Waals surface area contributed by atoms with Crippen molar-refractivity contribution in [2.45, 2.75) is 25.2 Å². The van der Waals surface area contributed by atoms with Gasteiger partial charge in [0.25, 0.3) is 5.69 Å². The maximum Gasteiger partial charge on any atom is 0.269 e. The van der Waals surface area contributed by atoms with E-state index in [2.05, 4.69) is 15.5 Å². The first-order chi connectivity index (χ1) is 13.6. The van der Waals surface area contributed by atoms with Gasteiger partial charge in [-0.15, -0.1) is 11.3 Å². The molecule has 5 rings (SSSR count). The van der Waals surface area contributed by atoms with Gasteiger partial charge in [0.05, 0.1) is 16.5 Å². The van der Waals surface area contributed by atoms with E-state index in [9.17, 15) is 14.9 Å². The highest BCUT2D eigenvalue weighted by atomic mass is 32.1. The lowest BCUT2D eigenvalue weighted by Gasteiger charge is -2.31. The number of Topliss-reactive ketones (excluding diaryl/α,β-unsaturated/α-hetero) is 1. The number of thiophene rings is 1. The predicted molar refractivity (Wildman–Crippen MR) is 106 cm³/mol. The van der Waals surface area contributed by atoms with Gasteiger partial charge < -0.3 is 5.32 Å². The molecule has 8 heteroatoms. The van der Waals surface area contributed by atoms with Crippen LogP contribution in [0.5, 0.6) is 0 Å². The molecule has 1 aliphatic heterocycles. The van der Waals surface area contributed by atoms with E-state index < -0.39 is 4.92 Å². The third kappa shape index (κ3) is 2.56. The third-order valence-electron chi connectivity index (χ3n) is 5.30. The zero-order valence-electron chi connectivity index (χ0n) is 14.8. The Hall–Kier alpha value is -3.26. The van der Waals surface area contributed by atoms with E-state index in [1.807, 2.05) is 17.5 Å². The summed E-state index contributed by atoms with van der Waals surface area (Å²) in [5.41, 5.74) is 4.33. The van der Waals surface area contributed by atoms with E-state index >= 15 is 0 Å². The molecule has 2 N–H and O–H groups in total. The number of anilines is 1. The number of nitro benzene ring substituents is 1. The van der Waals surface area contributed by atoms with Crippen molar-refractivity contribution >= 4 is 28.6 Å². The number of ketones is 1. The molecule has 1 atom stereocenters. The summed E-state index contributed by atoms with van der Waals surface area (Å²) in [4.78, 5) is 24.5. The van der Waals surface area contributed by atoms with Crippen molar-refractivity contribution in [1.82, 2.24) is 10.2 Å². The molecule has 1 aromatic carbocycles. The van der Waals surface area contributed by atoms with Crippen molar-refractivity contribution in [1.29, 1.82) is 0 Å². The van der Waals surface area contributed by atoms with Gasteiger partial charge in [0, 0.05) is 45.8 Å². The molecule has 2 aromatic heterocycles. The average Bonchev–Trinajstić information content (AvgIpc) is 3.37. The smallest absolute Gasteiger partial charge is 0.269 e. The molecule has 0 radical (unpaired) electrons. The SMILES string of the molecule is O=C1CCCC2=C1[C@H](c1cccs1)c1c(n[nH]c1-c1ccc([N+](=O)[O-])cc1)N2. The first-order valence-electron chi connectivity index (χ1n) is 9.03. The Morgan fingerprint density at radius 3 is 2.71 bits per heavy atom. The molecule has 140 valence electrons. The Kier molecular flexibility index (Phi) is 3.87. The second-order valence-electron chi connectivity index (χ2n) is 6.91. The zero-order valence-corrected chi connectivity index (χ0v) is 15.6. The fraction of sp³-hybridized carbons (Fsp3) is 0.200. The van der Waals surface area contributed by atoms with E-state index in [0.717, 1.165) is 51.6 Å². The molecule has 0 saturated carbocycles. The number of aromatic nitrogens is 2. The molecule has 7 nitrogen and oxygen atoms in total. The fourth-order valence-corrected chi connectivity index (χ4v) is 4.90. The molecule has 0 spiro atoms. The Labute approximate surface area is 164 Å². The number of hydrogen-bond donors (Lipinski definition) is 2. The number of benzene rings is 1. The van der Waals surface area contributed by atoms with E-state index in [4.69, 9.17) is 0 Å². The van der Waals surface area contributed by atoms with Crippen LogP contribution in [0.4, 0.5) is 11.5 Å². The Morgan fingerprint density at radius 2 is 2.00 bits per heavy atom. The number of rotatable bonds is 3. The van der Waals surface area contributed by atoms with E-state index in [1.54, 1.807) is 23.5 Å². The largest absolute Gasteiger partial charge is 0.342 e. The highest BCUT2D eigenvalue weighted by Crippen LogP contribution is 2.49. The molecular weight excluding hydrogens is 376 g/mol. The number of carbonyl (C=O) groups is 1. The van der Waals surface area contributed by atoms with Crippen LogP contribution < -0.4 is 5.32 Å². The van der Waals surface area contributed by atoms with E-state index in [0.29, 0.717) is 6.42 Å². The van der Waals surface area contributed by atoms with Crippen molar-refractivity contribution in [3.8, 4) is 11.3 Å². The molecule has 28 heavy (non-hydrogen) atoms. The number of nitrogens with one attached hydrogen (secondary N) is 2. The number of carbonyl (C=O) groups excluding carboxylic acids is 1. The number of fused-ring (bicyclic) bond motifs is 1. The molecule has 0 fully saturated rings. The van der Waals surface area contributed by atoms with Gasteiger partial charge in [0.2, 0.25) is 0 Å². The third-order valence-corrected chi connectivity index (χ3v) is 6.24. The summed E-state index contributed by atoms with van der Waals surface area (Å²) in [6.45, 7) is 0. The number of aromatic amines is 1. The molecule has 0 unspecified atom stereocenters. The van der Waals surface area contributed by atoms with Crippen LogP contribution in [0, 0.1) is 10.1 Å². The van der Waals surface area contributed by atoms with Gasteiger partial charge in [-0.1, -0.05) is 6.07 Å². The quantitative estimate of drug-likeness (QED) is 0.501. The summed E-state index contributed by atoms with van der Waals surface area (Å²) in [6, 6.07) is 10.4. The van der Waals surface area contributed by atoms with Crippen LogP contribution in [-0.2, 0) is 4.79 Å². The lowest BCUT2D eigenvalue weighted by Crippen LogP contribution is -2.26. The van der Waals surface area contributed by atoms with Gasteiger partial charge in [-0.2, -0.15) is 5.10 Å². The van der Waals surface area contributed by atoms with Gasteiger partial charge in [-0.25, -0.2) is 0 Å². The van der Waals surface area contributed by atoms with Gasteiger partial charge in [-0.3, -0.25) is 20.0 Å². The van der Waals surface area contributed by atoms with Crippen LogP contribution in [0.2, 0.25) is 0 Å². The summed E-state index contributed by atoms with van der Waals surface area (Å²) in [6.07, 6.45) is 2.24. The summed E-state index contributed by atoms with van der Waals surface area (Å²) in [5.74, 6) is 0.719. The normalized spacial score (nSPS) is 18.4. The minimum Gasteiger partial charge on any atom is -0.342 e. The Morgan fingerprint density at radius 1 is 1.18 bits per heavy atom. The zero-order chi connectivity index (χ0) is 19.3. The van der Waals surface area contributed by atoms with E-state index in [-0.39, 0.29) is 17.4 Å². The van der Waals surface area contributed by atoms with Crippen molar-refractivity contribution in [3.63, 3.8) is 0 Å². The highest BCUT2D eigenvalue weighted by Gasteiger charge is 2.38. The van der Waals surface area contributed by atoms with Gasteiger partial charge in [0.15, 0.2) is 11.6 Å². The molecule has 1 aliphatic carbocycles. The van der Waals surface area contributed by atoms with Gasteiger partial charge in [-0.05, 0) is 36.4 Å². The standard InChI is InChI=1S/C20H16N4O3S/c25-14-4-1-3-13-16(14)17(15-5-2-10-28-15)18-19(22-23-20(18)21-13)11-6-8-12(9-7-11)24(26)27/h2,5-10,17H,1,3-4H2,(H2,21,22,23)/t17-/m0/s1. The summed E-state index contributed by atoms with van der Waals surface area (Å²) >= 11 is 1.62. The van der Waals surface area contributed by atoms with Crippen LogP contribution in [0.15, 0.2) is 53.0 Å². The fourth-order valence-electron chi connectivity index (χ4n) is 4.05. The number of nitro groups is 1. The molecule has 2 aliphatic rings. The second kappa shape index (κ2) is 6.42. The Balaban J connectivity index is 1.68. The minimum atomic E-state index is -0.417. The summed E-state index contributed by atoms with van der Waals surface area (Å²) in [5, 5.41) is 23.9. The van der Waals surface area contributed by atoms with Crippen molar-refractivity contribution in [2.75, 3.05) is 5.32 Å². The number of allylic oxidation sites excluding steroid dienone is 2. The van der Waals surface area contributed by atoms with Crippen LogP contribution >= 0.6 is 11.3 Å². The number of non-ortho nitro benzene ring substituents is 1.